The van der Waals surface area contributed by atoms with Crippen LogP contribution >= 0.6 is 15.9 Å². The van der Waals surface area contributed by atoms with Crippen LogP contribution in [0.1, 0.15) is 37.8 Å². The molecule has 1 aliphatic heterocycles. The van der Waals surface area contributed by atoms with Gasteiger partial charge in [0.1, 0.15) is 28.3 Å². The van der Waals surface area contributed by atoms with Crippen molar-refractivity contribution in [2.75, 3.05) is 20.3 Å². The van der Waals surface area contributed by atoms with E-state index in [1.807, 2.05) is 20.0 Å². The molecule has 8 heteroatoms. The highest BCUT2D eigenvalue weighted by atomic mass is 79.9. The third-order valence-corrected chi connectivity index (χ3v) is 6.80. The second kappa shape index (κ2) is 10.0. The van der Waals surface area contributed by atoms with Crippen molar-refractivity contribution in [1.29, 1.82) is 0 Å². The van der Waals surface area contributed by atoms with Crippen LogP contribution in [-0.4, -0.2) is 47.0 Å². The molecule has 0 aliphatic carbocycles. The molecule has 7 nitrogen and oxygen atoms in total. The summed E-state index contributed by atoms with van der Waals surface area (Å²) in [6.07, 6.45) is 3.44. The van der Waals surface area contributed by atoms with Gasteiger partial charge in [0.25, 0.3) is 0 Å². The molecule has 4 rings (SSSR count). The summed E-state index contributed by atoms with van der Waals surface area (Å²) in [4.78, 5) is 23.3. The summed E-state index contributed by atoms with van der Waals surface area (Å²) in [5.74, 6) is 1.68. The molecule has 0 unspecified atom stereocenters. The number of methoxy groups -OCH3 is 1. The Morgan fingerprint density at radius 2 is 1.97 bits per heavy atom. The fraction of sp³-hybridized carbons (Fsp3) is 0.346. The van der Waals surface area contributed by atoms with E-state index in [2.05, 4.69) is 63.6 Å². The Balaban J connectivity index is 1.80. The van der Waals surface area contributed by atoms with Crippen LogP contribution in [0.4, 0.5) is 0 Å². The van der Waals surface area contributed by atoms with Gasteiger partial charge in [0.15, 0.2) is 0 Å². The number of halogens is 1. The van der Waals surface area contributed by atoms with Gasteiger partial charge in [-0.2, -0.15) is 0 Å². The van der Waals surface area contributed by atoms with Gasteiger partial charge < -0.3 is 18.9 Å². The summed E-state index contributed by atoms with van der Waals surface area (Å²) >= 11 is 3.78. The molecule has 1 aromatic heterocycles. The first-order valence-corrected chi connectivity index (χ1v) is 12.1. The number of nitrogens with zero attached hydrogens (tertiary/aromatic N) is 4. The van der Waals surface area contributed by atoms with Crippen molar-refractivity contribution in [1.82, 2.24) is 14.5 Å². The van der Waals surface area contributed by atoms with Gasteiger partial charge in [-0.25, -0.2) is 9.78 Å². The summed E-state index contributed by atoms with van der Waals surface area (Å²) in [6.45, 7) is 7.72. The van der Waals surface area contributed by atoms with Crippen molar-refractivity contribution >= 4 is 39.3 Å². The van der Waals surface area contributed by atoms with Crippen LogP contribution in [-0.2, 0) is 23.1 Å². The average Bonchev–Trinajstić information content (AvgIpc) is 3.19. The molecular formula is C26H29BrN4O3. The van der Waals surface area contributed by atoms with Crippen LogP contribution in [0, 0.1) is 0 Å². The molecule has 0 fully saturated rings. The lowest BCUT2D eigenvalue weighted by Gasteiger charge is -2.24. The van der Waals surface area contributed by atoms with E-state index in [0.29, 0.717) is 31.3 Å². The third-order valence-electron chi connectivity index (χ3n) is 5.91. The first-order chi connectivity index (χ1) is 16.3. The predicted octanol–water partition coefficient (Wildman–Crippen LogP) is 5.43. The highest BCUT2D eigenvalue weighted by Gasteiger charge is 2.24. The predicted molar refractivity (Wildman–Crippen MR) is 138 cm³/mol. The lowest BCUT2D eigenvalue weighted by molar-refractivity contribution is -0.137. The summed E-state index contributed by atoms with van der Waals surface area (Å²) in [7, 11) is 3.39. The standard InChI is InChI=1S/C26H29BrN4O3/c1-6-34-21-13-19(14-31-15-28-12-11-20(31)26(32)33-5)22(27)23-24(21)30(4)25(29-23)18-9-7-17(8-10-18)16(2)3/h7-11,13,15-16H,6,12,14H2,1-5H3. The second-order valence-corrected chi connectivity index (χ2v) is 9.23. The van der Waals surface area contributed by atoms with Gasteiger partial charge >= 0.3 is 5.97 Å². The van der Waals surface area contributed by atoms with Crippen LogP contribution in [0.15, 0.2) is 51.6 Å². The number of aliphatic imine (C=N–C) groups is 1. The molecule has 0 amide bonds. The lowest BCUT2D eigenvalue weighted by Crippen LogP contribution is -2.29. The number of aromatic nitrogens is 2. The number of hydrogen-bond acceptors (Lipinski definition) is 6. The fourth-order valence-corrected chi connectivity index (χ4v) is 4.63. The zero-order chi connectivity index (χ0) is 24.4. The van der Waals surface area contributed by atoms with E-state index < -0.39 is 5.97 Å². The summed E-state index contributed by atoms with van der Waals surface area (Å²) in [6, 6.07) is 10.5. The molecule has 1 aliphatic rings. The maximum absolute atomic E-state index is 12.3. The Morgan fingerprint density at radius 3 is 2.62 bits per heavy atom. The molecular weight excluding hydrogens is 496 g/mol. The molecule has 34 heavy (non-hydrogen) atoms. The van der Waals surface area contributed by atoms with E-state index in [4.69, 9.17) is 14.5 Å². The van der Waals surface area contributed by atoms with Gasteiger partial charge in [-0.3, -0.25) is 4.99 Å². The van der Waals surface area contributed by atoms with E-state index in [-0.39, 0.29) is 0 Å². The zero-order valence-corrected chi connectivity index (χ0v) is 21.7. The first-order valence-electron chi connectivity index (χ1n) is 11.3. The van der Waals surface area contributed by atoms with E-state index in [0.717, 1.165) is 38.2 Å². The summed E-state index contributed by atoms with van der Waals surface area (Å²) < 4.78 is 13.9. The van der Waals surface area contributed by atoms with Gasteiger partial charge in [-0.15, -0.1) is 0 Å². The fourth-order valence-electron chi connectivity index (χ4n) is 4.11. The molecule has 0 radical (unpaired) electrons. The Labute approximate surface area is 208 Å². The molecule has 0 bridgehead atoms. The van der Waals surface area contributed by atoms with Crippen molar-refractivity contribution in [2.45, 2.75) is 33.2 Å². The minimum Gasteiger partial charge on any atom is -0.492 e. The number of imidazole rings is 1. The summed E-state index contributed by atoms with van der Waals surface area (Å²) in [5.41, 5.74) is 5.45. The SMILES string of the molecule is CCOc1cc(CN2C=NCC=C2C(=O)OC)c(Br)c2nc(-c3ccc(C(C)C)cc3)n(C)c12. The minimum absolute atomic E-state index is 0.390. The Bertz CT molecular complexity index is 1280. The average molecular weight is 525 g/mol. The van der Waals surface area contributed by atoms with Crippen LogP contribution in [0.25, 0.3) is 22.4 Å². The number of rotatable bonds is 7. The van der Waals surface area contributed by atoms with Crippen molar-refractivity contribution in [2.24, 2.45) is 12.0 Å². The maximum atomic E-state index is 12.3. The topological polar surface area (TPSA) is 68.9 Å². The quantitative estimate of drug-likeness (QED) is 0.385. The Hall–Kier alpha value is -3.13. The van der Waals surface area contributed by atoms with E-state index in [1.54, 1.807) is 17.3 Å². The molecule has 2 heterocycles. The zero-order valence-electron chi connectivity index (χ0n) is 20.1. The van der Waals surface area contributed by atoms with Crippen LogP contribution in [0.5, 0.6) is 5.75 Å². The molecule has 178 valence electrons. The maximum Gasteiger partial charge on any atom is 0.354 e. The Morgan fingerprint density at radius 1 is 1.24 bits per heavy atom. The van der Waals surface area contributed by atoms with Crippen molar-refractivity contribution in [3.8, 4) is 17.1 Å². The lowest BCUT2D eigenvalue weighted by atomic mass is 10.0. The normalized spacial score (nSPS) is 13.5. The molecule has 0 atom stereocenters. The van der Waals surface area contributed by atoms with Crippen LogP contribution < -0.4 is 4.74 Å². The van der Waals surface area contributed by atoms with E-state index in [1.165, 1.54) is 12.7 Å². The monoisotopic (exact) mass is 524 g/mol. The molecule has 0 spiro atoms. The van der Waals surface area contributed by atoms with Gasteiger partial charge in [0.2, 0.25) is 0 Å². The molecule has 0 N–H and O–H groups in total. The van der Waals surface area contributed by atoms with Gasteiger partial charge in [0.05, 0.1) is 37.6 Å². The molecule has 2 aromatic carbocycles. The number of carbonyl (C=O) groups is 1. The molecule has 0 saturated heterocycles. The number of fused-ring (bicyclic) bond motifs is 1. The van der Waals surface area contributed by atoms with E-state index >= 15 is 0 Å². The minimum atomic E-state index is -0.390. The van der Waals surface area contributed by atoms with Crippen LogP contribution in [0.3, 0.4) is 0 Å². The number of ether oxygens (including phenoxy) is 2. The van der Waals surface area contributed by atoms with E-state index in [9.17, 15) is 4.79 Å². The first kappa shape index (κ1) is 24.0. The van der Waals surface area contributed by atoms with Gasteiger partial charge in [-0.05, 0) is 52.0 Å². The van der Waals surface area contributed by atoms with Crippen molar-refractivity contribution in [3.05, 3.63) is 57.7 Å². The summed E-state index contributed by atoms with van der Waals surface area (Å²) in [5, 5.41) is 0. The number of carbonyl (C=O) groups excluding carboxylic acids is 1. The van der Waals surface area contributed by atoms with Gasteiger partial charge in [0, 0.05) is 12.6 Å². The second-order valence-electron chi connectivity index (χ2n) is 8.44. The van der Waals surface area contributed by atoms with Crippen LogP contribution in [0.2, 0.25) is 0 Å². The Kier molecular flexibility index (Phi) is 7.07. The number of aryl methyl sites for hydroxylation is 1. The highest BCUT2D eigenvalue weighted by Crippen LogP contribution is 2.38. The van der Waals surface area contributed by atoms with Gasteiger partial charge in [-0.1, -0.05) is 38.1 Å². The number of hydrogen-bond donors (Lipinski definition) is 0. The van der Waals surface area contributed by atoms with Crippen molar-refractivity contribution < 1.29 is 14.3 Å². The number of benzene rings is 2. The third kappa shape index (κ3) is 4.46. The smallest absolute Gasteiger partial charge is 0.354 e. The molecule has 0 saturated carbocycles. The largest absolute Gasteiger partial charge is 0.492 e. The number of esters is 1. The van der Waals surface area contributed by atoms with Crippen molar-refractivity contribution in [3.63, 3.8) is 0 Å². The molecule has 3 aromatic rings. The highest BCUT2D eigenvalue weighted by molar-refractivity contribution is 9.10.